The number of fused-ring (bicyclic) bond motifs is 3. The van der Waals surface area contributed by atoms with E-state index in [1.54, 1.807) is 11.3 Å². The Balaban J connectivity index is 1.58. The summed E-state index contributed by atoms with van der Waals surface area (Å²) in [6.07, 6.45) is 0. The molecule has 2 aromatic heterocycles. The molecule has 0 aliphatic heterocycles. The first kappa shape index (κ1) is 19.1. The lowest BCUT2D eigenvalue weighted by atomic mass is 10.2. The van der Waals surface area contributed by atoms with Crippen LogP contribution in [-0.4, -0.2) is 22.3 Å². The maximum Gasteiger partial charge on any atom is 0.276 e. The minimum absolute atomic E-state index is 0.128. The molecule has 4 rings (SSSR count). The van der Waals surface area contributed by atoms with E-state index >= 15 is 0 Å². The zero-order chi connectivity index (χ0) is 20.4. The van der Waals surface area contributed by atoms with E-state index in [2.05, 4.69) is 10.4 Å². The highest BCUT2D eigenvalue weighted by Crippen LogP contribution is 2.32. The van der Waals surface area contributed by atoms with E-state index in [0.29, 0.717) is 18.5 Å². The summed E-state index contributed by atoms with van der Waals surface area (Å²) in [5, 5.41) is 8.76. The van der Waals surface area contributed by atoms with Crippen LogP contribution in [0, 0.1) is 6.92 Å². The average Bonchev–Trinajstić information content (AvgIpc) is 3.12. The second-order valence-corrected chi connectivity index (χ2v) is 7.72. The van der Waals surface area contributed by atoms with Gasteiger partial charge >= 0.3 is 0 Å². The summed E-state index contributed by atoms with van der Waals surface area (Å²) in [4.78, 5) is 25.5. The number of carbonyl (C=O) groups excluding carboxylic acids is 1. The van der Waals surface area contributed by atoms with Crippen LogP contribution in [0.1, 0.15) is 18.2 Å². The summed E-state index contributed by atoms with van der Waals surface area (Å²) in [7, 11) is 0. The zero-order valence-corrected chi connectivity index (χ0v) is 17.1. The molecule has 1 amide bonds. The van der Waals surface area contributed by atoms with E-state index in [0.717, 1.165) is 31.8 Å². The first-order chi connectivity index (χ1) is 14.1. The van der Waals surface area contributed by atoms with Gasteiger partial charge in [0.25, 0.3) is 5.56 Å². The van der Waals surface area contributed by atoms with Gasteiger partial charge in [-0.15, -0.1) is 11.3 Å². The SMILES string of the molecule is CCOc1ccccc1CNC(=O)Cn1nc(C)c2sc3ccccc3c2c1=O. The number of aryl methyl sites for hydroxylation is 1. The zero-order valence-electron chi connectivity index (χ0n) is 16.3. The van der Waals surface area contributed by atoms with Crippen molar-refractivity contribution in [2.45, 2.75) is 26.9 Å². The number of carbonyl (C=O) groups is 1. The third-order valence-electron chi connectivity index (χ3n) is 4.68. The van der Waals surface area contributed by atoms with E-state index in [1.807, 2.05) is 62.4 Å². The van der Waals surface area contributed by atoms with Gasteiger partial charge in [0.2, 0.25) is 5.91 Å². The summed E-state index contributed by atoms with van der Waals surface area (Å²) >= 11 is 1.55. The average molecular weight is 407 g/mol. The van der Waals surface area contributed by atoms with Crippen molar-refractivity contribution in [3.05, 3.63) is 70.1 Å². The monoisotopic (exact) mass is 407 g/mol. The number of ether oxygens (including phenoxy) is 1. The molecule has 4 aromatic rings. The van der Waals surface area contributed by atoms with Crippen molar-refractivity contribution in [3.8, 4) is 5.75 Å². The van der Waals surface area contributed by atoms with Gasteiger partial charge in [0.05, 0.1) is 22.4 Å². The molecule has 0 spiro atoms. The fraction of sp³-hybridized carbons (Fsp3) is 0.227. The quantitative estimate of drug-likeness (QED) is 0.530. The molecule has 6 nitrogen and oxygen atoms in total. The van der Waals surface area contributed by atoms with Gasteiger partial charge in [-0.25, -0.2) is 4.68 Å². The third-order valence-corrected chi connectivity index (χ3v) is 5.96. The van der Waals surface area contributed by atoms with Gasteiger partial charge in [0.15, 0.2) is 0 Å². The molecule has 2 aromatic carbocycles. The van der Waals surface area contributed by atoms with E-state index < -0.39 is 0 Å². The van der Waals surface area contributed by atoms with Crippen LogP contribution in [0.2, 0.25) is 0 Å². The van der Waals surface area contributed by atoms with Crippen LogP contribution >= 0.6 is 11.3 Å². The fourth-order valence-electron chi connectivity index (χ4n) is 3.35. The minimum atomic E-state index is -0.274. The van der Waals surface area contributed by atoms with Gasteiger partial charge in [-0.2, -0.15) is 5.10 Å². The predicted octanol–water partition coefficient (Wildman–Crippen LogP) is 3.63. The van der Waals surface area contributed by atoms with Crippen molar-refractivity contribution in [2.75, 3.05) is 6.61 Å². The van der Waals surface area contributed by atoms with E-state index in [-0.39, 0.29) is 18.0 Å². The number of para-hydroxylation sites is 1. The summed E-state index contributed by atoms with van der Waals surface area (Å²) < 4.78 is 8.75. The molecule has 0 unspecified atom stereocenters. The van der Waals surface area contributed by atoms with E-state index in [1.165, 1.54) is 4.68 Å². The highest BCUT2D eigenvalue weighted by Gasteiger charge is 2.16. The molecule has 0 saturated heterocycles. The second-order valence-electron chi connectivity index (χ2n) is 6.67. The summed E-state index contributed by atoms with van der Waals surface area (Å²) in [5.74, 6) is 0.469. The lowest BCUT2D eigenvalue weighted by Gasteiger charge is -2.11. The number of rotatable bonds is 6. The molecule has 7 heteroatoms. The Hall–Kier alpha value is -3.19. The highest BCUT2D eigenvalue weighted by molar-refractivity contribution is 7.26. The van der Waals surface area contributed by atoms with Gasteiger partial charge in [-0.05, 0) is 26.0 Å². The molecular weight excluding hydrogens is 386 g/mol. The smallest absolute Gasteiger partial charge is 0.276 e. The number of hydrogen-bond donors (Lipinski definition) is 1. The van der Waals surface area contributed by atoms with Crippen LogP contribution in [0.4, 0.5) is 0 Å². The largest absolute Gasteiger partial charge is 0.494 e. The Labute approximate surface area is 171 Å². The van der Waals surface area contributed by atoms with Crippen LogP contribution < -0.4 is 15.6 Å². The molecule has 2 heterocycles. The molecular formula is C22H21N3O3S. The minimum Gasteiger partial charge on any atom is -0.494 e. The molecule has 0 radical (unpaired) electrons. The maximum atomic E-state index is 13.0. The predicted molar refractivity (Wildman–Crippen MR) is 116 cm³/mol. The number of aromatic nitrogens is 2. The second kappa shape index (κ2) is 8.05. The van der Waals surface area contributed by atoms with E-state index in [9.17, 15) is 9.59 Å². The number of hydrogen-bond acceptors (Lipinski definition) is 5. The van der Waals surface area contributed by atoms with Crippen LogP contribution in [0.5, 0.6) is 5.75 Å². The number of amides is 1. The van der Waals surface area contributed by atoms with Crippen LogP contribution in [0.25, 0.3) is 20.2 Å². The Morgan fingerprint density at radius 3 is 2.76 bits per heavy atom. The van der Waals surface area contributed by atoms with Crippen molar-refractivity contribution in [2.24, 2.45) is 0 Å². The lowest BCUT2D eigenvalue weighted by molar-refractivity contribution is -0.122. The number of nitrogens with one attached hydrogen (secondary N) is 1. The third kappa shape index (κ3) is 3.73. The van der Waals surface area contributed by atoms with Gasteiger partial charge < -0.3 is 10.1 Å². The Kier molecular flexibility index (Phi) is 5.31. The molecule has 0 aliphatic rings. The molecule has 0 fully saturated rings. The standard InChI is InChI=1S/C22H21N3O3S/c1-3-28-17-10-6-4-8-15(17)12-23-19(26)13-25-22(27)20-16-9-5-7-11-18(16)29-21(20)14(2)24-25/h4-11H,3,12-13H2,1-2H3,(H,23,26). The van der Waals surface area contributed by atoms with Gasteiger partial charge in [0.1, 0.15) is 12.3 Å². The first-order valence-electron chi connectivity index (χ1n) is 9.45. The summed E-state index contributed by atoms with van der Waals surface area (Å²) in [6.45, 7) is 4.53. The van der Waals surface area contributed by atoms with Crippen molar-refractivity contribution < 1.29 is 9.53 Å². The Morgan fingerprint density at radius 1 is 1.17 bits per heavy atom. The fourth-order valence-corrected chi connectivity index (χ4v) is 4.49. The Bertz CT molecular complexity index is 1260. The summed E-state index contributed by atoms with van der Waals surface area (Å²) in [6, 6.07) is 15.4. The van der Waals surface area contributed by atoms with Crippen molar-refractivity contribution in [1.29, 1.82) is 0 Å². The molecule has 29 heavy (non-hydrogen) atoms. The van der Waals surface area contributed by atoms with Gasteiger partial charge in [-0.1, -0.05) is 36.4 Å². The molecule has 1 N–H and O–H groups in total. The van der Waals surface area contributed by atoms with Crippen molar-refractivity contribution >= 4 is 37.4 Å². The van der Waals surface area contributed by atoms with Crippen LogP contribution in [0.15, 0.2) is 53.3 Å². The van der Waals surface area contributed by atoms with Crippen molar-refractivity contribution in [3.63, 3.8) is 0 Å². The number of nitrogens with zero attached hydrogens (tertiary/aromatic N) is 2. The normalized spacial score (nSPS) is 11.1. The molecule has 0 atom stereocenters. The van der Waals surface area contributed by atoms with Crippen LogP contribution in [-0.2, 0) is 17.9 Å². The number of benzene rings is 2. The van der Waals surface area contributed by atoms with Gasteiger partial charge in [0, 0.05) is 22.2 Å². The highest BCUT2D eigenvalue weighted by atomic mass is 32.1. The molecule has 0 aliphatic carbocycles. The van der Waals surface area contributed by atoms with Gasteiger partial charge in [-0.3, -0.25) is 9.59 Å². The topological polar surface area (TPSA) is 73.2 Å². The van der Waals surface area contributed by atoms with Crippen molar-refractivity contribution in [1.82, 2.24) is 15.1 Å². The number of thiophene rings is 1. The molecule has 0 bridgehead atoms. The summed E-state index contributed by atoms with van der Waals surface area (Å²) in [5.41, 5.74) is 1.39. The Morgan fingerprint density at radius 2 is 1.93 bits per heavy atom. The van der Waals surface area contributed by atoms with E-state index in [4.69, 9.17) is 4.74 Å². The molecule has 148 valence electrons. The molecule has 0 saturated carbocycles. The first-order valence-corrected chi connectivity index (χ1v) is 10.3. The maximum absolute atomic E-state index is 13.0. The van der Waals surface area contributed by atoms with Crippen LogP contribution in [0.3, 0.4) is 0 Å². The lowest BCUT2D eigenvalue weighted by Crippen LogP contribution is -2.33.